The zero-order valence-electron chi connectivity index (χ0n) is 13.6. The van der Waals surface area contributed by atoms with E-state index in [9.17, 15) is 4.79 Å². The Morgan fingerprint density at radius 1 is 1.24 bits per heavy atom. The van der Waals surface area contributed by atoms with Crippen LogP contribution in [0.3, 0.4) is 0 Å². The molecule has 3 N–H and O–H groups in total. The molecule has 0 radical (unpaired) electrons. The molecule has 0 aromatic heterocycles. The largest absolute Gasteiger partial charge is 0.356 e. The highest BCUT2D eigenvalue weighted by Gasteiger charge is 2.16. The number of hydrogen-bond acceptors (Lipinski definition) is 3. The van der Waals surface area contributed by atoms with Crippen LogP contribution in [0.1, 0.15) is 46.5 Å². The standard InChI is InChI=1S/C15H31N3O.2ClH/c1-12-6-10-18(11-7-12)9-5-4-8-17-15(19)13(2)14(3)16;;/h12-14H,4-11,16H2,1-3H3,(H,17,19);2*1H. The van der Waals surface area contributed by atoms with E-state index in [4.69, 9.17) is 5.73 Å². The van der Waals surface area contributed by atoms with E-state index in [1.165, 1.54) is 38.9 Å². The minimum absolute atomic E-state index is 0. The lowest BCUT2D eigenvalue weighted by Crippen LogP contribution is -2.39. The number of unbranched alkanes of at least 4 members (excludes halogenated alkanes) is 1. The van der Waals surface area contributed by atoms with E-state index in [0.29, 0.717) is 0 Å². The number of amides is 1. The minimum atomic E-state index is -0.0939. The van der Waals surface area contributed by atoms with Gasteiger partial charge < -0.3 is 16.0 Å². The van der Waals surface area contributed by atoms with Crippen molar-refractivity contribution in [1.82, 2.24) is 10.2 Å². The molecule has 0 bridgehead atoms. The van der Waals surface area contributed by atoms with E-state index in [0.717, 1.165) is 18.9 Å². The molecular formula is C15H33Cl2N3O. The lowest BCUT2D eigenvalue weighted by molar-refractivity contribution is -0.124. The van der Waals surface area contributed by atoms with Crippen LogP contribution in [0.4, 0.5) is 0 Å². The zero-order valence-corrected chi connectivity index (χ0v) is 15.3. The molecular weight excluding hydrogens is 309 g/mol. The molecule has 0 aromatic carbocycles. The summed E-state index contributed by atoms with van der Waals surface area (Å²) in [6.07, 6.45) is 4.90. The third kappa shape index (κ3) is 9.56. The van der Waals surface area contributed by atoms with Gasteiger partial charge in [0.25, 0.3) is 0 Å². The summed E-state index contributed by atoms with van der Waals surface area (Å²) in [6.45, 7) is 10.5. The lowest BCUT2D eigenvalue weighted by Gasteiger charge is -2.30. The Morgan fingerprint density at radius 2 is 1.81 bits per heavy atom. The fourth-order valence-corrected chi connectivity index (χ4v) is 2.36. The van der Waals surface area contributed by atoms with Crippen molar-refractivity contribution in [2.45, 2.75) is 52.5 Å². The highest BCUT2D eigenvalue weighted by atomic mass is 35.5. The van der Waals surface area contributed by atoms with Crippen molar-refractivity contribution >= 4 is 30.7 Å². The van der Waals surface area contributed by atoms with E-state index in [1.54, 1.807) is 0 Å². The van der Waals surface area contributed by atoms with E-state index in [-0.39, 0.29) is 42.7 Å². The molecule has 0 saturated carbocycles. The van der Waals surface area contributed by atoms with Gasteiger partial charge in [-0.25, -0.2) is 0 Å². The molecule has 4 nitrogen and oxygen atoms in total. The molecule has 1 aliphatic heterocycles. The smallest absolute Gasteiger partial charge is 0.224 e. The molecule has 1 fully saturated rings. The first-order chi connectivity index (χ1) is 9.00. The molecule has 0 aliphatic carbocycles. The van der Waals surface area contributed by atoms with Gasteiger partial charge in [-0.2, -0.15) is 0 Å². The lowest BCUT2D eigenvalue weighted by atomic mass is 9.99. The van der Waals surface area contributed by atoms with Crippen molar-refractivity contribution in [2.24, 2.45) is 17.6 Å². The molecule has 2 unspecified atom stereocenters. The summed E-state index contributed by atoms with van der Waals surface area (Å²) in [5, 5.41) is 2.97. The van der Waals surface area contributed by atoms with Crippen LogP contribution in [-0.4, -0.2) is 43.0 Å². The molecule has 1 saturated heterocycles. The average molecular weight is 342 g/mol. The number of rotatable bonds is 7. The summed E-state index contributed by atoms with van der Waals surface area (Å²) in [5.74, 6) is 0.889. The molecule has 1 amide bonds. The fraction of sp³-hybridized carbons (Fsp3) is 0.933. The second-order valence-corrected chi connectivity index (χ2v) is 6.17. The number of likely N-dealkylation sites (tertiary alicyclic amines) is 1. The van der Waals surface area contributed by atoms with Crippen LogP contribution in [-0.2, 0) is 4.79 Å². The molecule has 21 heavy (non-hydrogen) atoms. The quantitative estimate of drug-likeness (QED) is 0.699. The third-order valence-electron chi connectivity index (χ3n) is 4.28. The van der Waals surface area contributed by atoms with E-state index in [1.807, 2.05) is 13.8 Å². The number of hydrogen-bond donors (Lipinski definition) is 2. The highest BCUT2D eigenvalue weighted by Crippen LogP contribution is 2.16. The Hall–Kier alpha value is -0.0300. The molecule has 1 heterocycles. The van der Waals surface area contributed by atoms with E-state index >= 15 is 0 Å². The van der Waals surface area contributed by atoms with Crippen LogP contribution in [0, 0.1) is 11.8 Å². The number of nitrogens with zero attached hydrogens (tertiary/aromatic N) is 1. The van der Waals surface area contributed by atoms with Gasteiger partial charge in [-0.3, -0.25) is 4.79 Å². The number of piperidine rings is 1. The molecule has 0 spiro atoms. The maximum absolute atomic E-state index is 11.7. The third-order valence-corrected chi connectivity index (χ3v) is 4.28. The molecule has 2 atom stereocenters. The highest BCUT2D eigenvalue weighted by molar-refractivity contribution is 5.85. The topological polar surface area (TPSA) is 58.4 Å². The van der Waals surface area contributed by atoms with Crippen LogP contribution < -0.4 is 11.1 Å². The SMILES string of the molecule is CC1CCN(CCCCNC(=O)C(C)C(C)N)CC1.Cl.Cl. The summed E-state index contributed by atoms with van der Waals surface area (Å²) in [6, 6.07) is -0.0738. The summed E-state index contributed by atoms with van der Waals surface area (Å²) in [4.78, 5) is 14.2. The molecule has 128 valence electrons. The van der Waals surface area contributed by atoms with Gasteiger partial charge in [0.1, 0.15) is 0 Å². The number of nitrogens with one attached hydrogen (secondary N) is 1. The Morgan fingerprint density at radius 3 is 2.33 bits per heavy atom. The Labute approximate surface area is 142 Å². The fourth-order valence-electron chi connectivity index (χ4n) is 2.36. The van der Waals surface area contributed by atoms with Crippen LogP contribution in [0.15, 0.2) is 0 Å². The second kappa shape index (κ2) is 12.5. The van der Waals surface area contributed by atoms with Gasteiger partial charge in [0, 0.05) is 18.5 Å². The maximum Gasteiger partial charge on any atom is 0.224 e. The van der Waals surface area contributed by atoms with Gasteiger partial charge in [0.05, 0.1) is 0 Å². The van der Waals surface area contributed by atoms with E-state index < -0.39 is 0 Å². The average Bonchev–Trinajstić information content (AvgIpc) is 2.39. The van der Waals surface area contributed by atoms with Crippen LogP contribution in [0.2, 0.25) is 0 Å². The summed E-state index contributed by atoms with van der Waals surface area (Å²) in [7, 11) is 0. The first kappa shape index (κ1) is 23.2. The van der Waals surface area contributed by atoms with E-state index in [2.05, 4.69) is 17.1 Å². The predicted octanol–water partition coefficient (Wildman–Crippen LogP) is 2.44. The number of carbonyl (C=O) groups excluding carboxylic acids is 1. The maximum atomic E-state index is 11.7. The van der Waals surface area contributed by atoms with Gasteiger partial charge in [-0.05, 0) is 58.2 Å². The number of nitrogens with two attached hydrogens (primary N) is 1. The van der Waals surface area contributed by atoms with Crippen molar-refractivity contribution < 1.29 is 4.79 Å². The Bertz CT molecular complexity index is 270. The first-order valence-corrected chi connectivity index (χ1v) is 7.76. The zero-order chi connectivity index (χ0) is 14.3. The Balaban J connectivity index is 0. The van der Waals surface area contributed by atoms with Gasteiger partial charge in [-0.15, -0.1) is 24.8 Å². The summed E-state index contributed by atoms with van der Waals surface area (Å²) >= 11 is 0. The van der Waals surface area contributed by atoms with Crippen molar-refractivity contribution in [3.05, 3.63) is 0 Å². The van der Waals surface area contributed by atoms with Gasteiger partial charge in [-0.1, -0.05) is 13.8 Å². The predicted molar refractivity (Wildman–Crippen MR) is 94.4 cm³/mol. The van der Waals surface area contributed by atoms with Crippen LogP contribution in [0.25, 0.3) is 0 Å². The minimum Gasteiger partial charge on any atom is -0.356 e. The first-order valence-electron chi connectivity index (χ1n) is 7.76. The second-order valence-electron chi connectivity index (χ2n) is 6.17. The summed E-state index contributed by atoms with van der Waals surface area (Å²) < 4.78 is 0. The monoisotopic (exact) mass is 341 g/mol. The Kier molecular flexibility index (Phi) is 13.8. The number of carbonyl (C=O) groups is 1. The molecule has 1 rings (SSSR count). The van der Waals surface area contributed by atoms with Gasteiger partial charge >= 0.3 is 0 Å². The molecule has 6 heteroatoms. The van der Waals surface area contributed by atoms with Crippen LogP contribution in [0.5, 0.6) is 0 Å². The normalized spacial score (nSPS) is 19.0. The van der Waals surface area contributed by atoms with Gasteiger partial charge in [0.2, 0.25) is 5.91 Å². The molecule has 0 aromatic rings. The number of halogens is 2. The van der Waals surface area contributed by atoms with Crippen molar-refractivity contribution in [2.75, 3.05) is 26.2 Å². The van der Waals surface area contributed by atoms with Gasteiger partial charge in [0.15, 0.2) is 0 Å². The van der Waals surface area contributed by atoms with Crippen molar-refractivity contribution in [3.8, 4) is 0 Å². The summed E-state index contributed by atoms with van der Waals surface area (Å²) in [5.41, 5.74) is 5.71. The van der Waals surface area contributed by atoms with Crippen molar-refractivity contribution in [3.63, 3.8) is 0 Å². The van der Waals surface area contributed by atoms with Crippen LogP contribution >= 0.6 is 24.8 Å². The van der Waals surface area contributed by atoms with Crippen molar-refractivity contribution in [1.29, 1.82) is 0 Å². The molecule has 1 aliphatic rings.